The molecule has 1 N–H and O–H groups in total. The maximum atomic E-state index is 15.2. The van der Waals surface area contributed by atoms with Crippen LogP contribution in [0.4, 0.5) is 9.18 Å². The number of morpholine rings is 1. The first-order chi connectivity index (χ1) is 19.0. The molecule has 0 aliphatic carbocycles. The van der Waals surface area contributed by atoms with Crippen LogP contribution in [0, 0.1) is 11.2 Å². The Hall–Kier alpha value is -3.12. The lowest BCUT2D eigenvalue weighted by Gasteiger charge is -2.58. The van der Waals surface area contributed by atoms with Crippen molar-refractivity contribution in [1.82, 2.24) is 29.7 Å². The average molecular weight is 551 g/mol. The Balaban J connectivity index is 1.17. The number of H-pyrrole nitrogens is 1. The van der Waals surface area contributed by atoms with E-state index < -0.39 is 0 Å². The van der Waals surface area contributed by atoms with Gasteiger partial charge in [-0.3, -0.25) is 9.80 Å². The molecule has 0 radical (unpaired) electrons. The predicted molar refractivity (Wildman–Crippen MR) is 146 cm³/mol. The summed E-state index contributed by atoms with van der Waals surface area (Å²) < 4.78 is 27.4. The van der Waals surface area contributed by atoms with Gasteiger partial charge in [0, 0.05) is 73.0 Å². The van der Waals surface area contributed by atoms with Crippen molar-refractivity contribution in [2.75, 3.05) is 53.0 Å². The van der Waals surface area contributed by atoms with Crippen LogP contribution in [-0.2, 0) is 9.47 Å². The molecule has 3 fully saturated rings. The highest BCUT2D eigenvalue weighted by molar-refractivity contribution is 7.19. The molecule has 7 rings (SSSR count). The third-order valence-corrected chi connectivity index (χ3v) is 9.74. The van der Waals surface area contributed by atoms with Gasteiger partial charge in [0.2, 0.25) is 0 Å². The van der Waals surface area contributed by atoms with E-state index in [4.69, 9.17) is 9.47 Å². The molecule has 2 unspecified atom stereocenters. The van der Waals surface area contributed by atoms with Crippen molar-refractivity contribution in [2.24, 2.45) is 5.41 Å². The molecule has 3 aliphatic heterocycles. The van der Waals surface area contributed by atoms with Crippen molar-refractivity contribution in [1.29, 1.82) is 0 Å². The van der Waals surface area contributed by atoms with E-state index in [1.807, 2.05) is 18.5 Å². The van der Waals surface area contributed by atoms with Gasteiger partial charge in [0.1, 0.15) is 12.1 Å². The van der Waals surface area contributed by atoms with Crippen molar-refractivity contribution in [3.8, 4) is 0 Å². The number of benzene rings is 1. The number of aromatic amines is 1. The van der Waals surface area contributed by atoms with Crippen LogP contribution in [0.15, 0.2) is 43.0 Å². The third-order valence-electron chi connectivity index (χ3n) is 8.64. The average Bonchev–Trinajstić information content (AvgIpc) is 3.59. The zero-order chi connectivity index (χ0) is 26.6. The van der Waals surface area contributed by atoms with Crippen LogP contribution >= 0.6 is 11.3 Å². The number of halogens is 1. The topological polar surface area (TPSA) is 86.8 Å². The molecule has 3 aliphatic rings. The second-order valence-corrected chi connectivity index (χ2v) is 12.0. The molecule has 3 aromatic heterocycles. The Morgan fingerprint density at radius 2 is 2.08 bits per heavy atom. The molecule has 0 bridgehead atoms. The third kappa shape index (κ3) is 4.37. The molecule has 204 valence electrons. The van der Waals surface area contributed by atoms with Crippen LogP contribution in [0.25, 0.3) is 21.1 Å². The number of hydrogen-bond acceptors (Lipinski definition) is 8. The number of aromatic nitrogens is 3. The molecule has 39 heavy (non-hydrogen) atoms. The number of carbonyl (C=O) groups is 1. The van der Waals surface area contributed by atoms with Gasteiger partial charge in [0.25, 0.3) is 0 Å². The monoisotopic (exact) mass is 550 g/mol. The smallest absolute Gasteiger partial charge is 0.409 e. The largest absolute Gasteiger partial charge is 0.453 e. The van der Waals surface area contributed by atoms with Gasteiger partial charge in [0.05, 0.1) is 36.2 Å². The maximum Gasteiger partial charge on any atom is 0.409 e. The molecular weight excluding hydrogens is 519 g/mol. The summed E-state index contributed by atoms with van der Waals surface area (Å²) in [6, 6.07) is 7.41. The molecule has 1 amide bonds. The van der Waals surface area contributed by atoms with Crippen molar-refractivity contribution >= 4 is 38.5 Å². The molecule has 11 heteroatoms. The predicted octanol–water partition coefficient (Wildman–Crippen LogP) is 4.55. The Kier molecular flexibility index (Phi) is 6.26. The number of methoxy groups -OCH3 is 1. The summed E-state index contributed by atoms with van der Waals surface area (Å²) in [7, 11) is 1.44. The van der Waals surface area contributed by atoms with Crippen LogP contribution < -0.4 is 0 Å². The molecule has 1 aromatic carbocycles. The van der Waals surface area contributed by atoms with E-state index in [-0.39, 0.29) is 29.6 Å². The van der Waals surface area contributed by atoms with Crippen LogP contribution in [0.3, 0.4) is 0 Å². The number of nitrogens with one attached hydrogen (secondary N) is 1. The minimum atomic E-state index is -0.367. The number of thiophene rings is 1. The highest BCUT2D eigenvalue weighted by Crippen LogP contribution is 2.47. The fourth-order valence-electron chi connectivity index (χ4n) is 6.64. The van der Waals surface area contributed by atoms with E-state index in [0.29, 0.717) is 18.7 Å². The fraction of sp³-hybridized carbons (Fsp3) is 0.464. The quantitative estimate of drug-likeness (QED) is 0.399. The number of piperidine rings is 1. The minimum absolute atomic E-state index is 0.0355. The number of nitrogens with zero attached hydrogens (tertiary/aromatic N) is 5. The number of fused-ring (bicyclic) bond motifs is 2. The van der Waals surface area contributed by atoms with Gasteiger partial charge in [0.15, 0.2) is 0 Å². The van der Waals surface area contributed by atoms with Gasteiger partial charge in [-0.25, -0.2) is 19.2 Å². The minimum Gasteiger partial charge on any atom is -0.453 e. The van der Waals surface area contributed by atoms with Crippen molar-refractivity contribution < 1.29 is 18.7 Å². The molecule has 2 atom stereocenters. The number of rotatable bonds is 4. The second-order valence-electron chi connectivity index (χ2n) is 10.9. The number of likely N-dealkylation sites (tertiary alicyclic amines) is 2. The lowest BCUT2D eigenvalue weighted by Crippen LogP contribution is -2.64. The highest BCUT2D eigenvalue weighted by Gasteiger charge is 2.49. The van der Waals surface area contributed by atoms with Gasteiger partial charge < -0.3 is 19.4 Å². The standard InChI is InChI=1S/C28H31FN6O3S/c1-37-27(36)33-8-5-28(6-9-33)15-35(16-28)26(23-12-21-24(39-23)13-30-17-32-21)34-10-11-38-22(14-34)25-18-4-7-31-20(18)3-2-19(25)29/h2-4,7,12-13,17,22,26,31H,5-6,8-11,14-16H2,1H3. The SMILES string of the molecule is COC(=O)N1CCC2(CC1)CN(C(c1cc3ncncc3s1)N1CCOC(c3c(F)ccc4[nH]ccc34)C1)C2. The molecule has 3 saturated heterocycles. The molecule has 6 heterocycles. The summed E-state index contributed by atoms with van der Waals surface area (Å²) in [5.74, 6) is -0.233. The Morgan fingerprint density at radius 3 is 2.87 bits per heavy atom. The molecule has 4 aromatic rings. The first-order valence-electron chi connectivity index (χ1n) is 13.4. The van der Waals surface area contributed by atoms with Gasteiger partial charge in [-0.15, -0.1) is 11.3 Å². The summed E-state index contributed by atoms with van der Waals surface area (Å²) in [6.45, 7) is 5.23. The van der Waals surface area contributed by atoms with Gasteiger partial charge in [-0.05, 0) is 42.5 Å². The lowest BCUT2D eigenvalue weighted by molar-refractivity contribution is -0.137. The normalized spacial score (nSPS) is 22.8. The number of ether oxygens (including phenoxy) is 2. The first kappa shape index (κ1) is 24.9. The van der Waals surface area contributed by atoms with Gasteiger partial charge in [-0.2, -0.15) is 0 Å². The summed E-state index contributed by atoms with van der Waals surface area (Å²) in [4.78, 5) is 31.9. The van der Waals surface area contributed by atoms with Crippen LogP contribution in [-0.4, -0.2) is 88.7 Å². The van der Waals surface area contributed by atoms with Crippen LogP contribution in [0.2, 0.25) is 0 Å². The molecule has 0 saturated carbocycles. The lowest BCUT2D eigenvalue weighted by atomic mass is 9.71. The summed E-state index contributed by atoms with van der Waals surface area (Å²) in [5, 5.41) is 0.871. The van der Waals surface area contributed by atoms with E-state index >= 15 is 4.39 Å². The van der Waals surface area contributed by atoms with E-state index in [1.54, 1.807) is 28.6 Å². The van der Waals surface area contributed by atoms with Gasteiger partial charge >= 0.3 is 6.09 Å². The van der Waals surface area contributed by atoms with Crippen LogP contribution in [0.1, 0.15) is 35.6 Å². The number of amides is 1. The summed E-state index contributed by atoms with van der Waals surface area (Å²) in [5.41, 5.74) is 2.68. The number of carbonyl (C=O) groups excluding carboxylic acids is 1. The number of hydrogen-bond donors (Lipinski definition) is 1. The van der Waals surface area contributed by atoms with E-state index in [9.17, 15) is 4.79 Å². The Bertz CT molecular complexity index is 1470. The van der Waals surface area contributed by atoms with Gasteiger partial charge in [-0.1, -0.05) is 0 Å². The van der Waals surface area contributed by atoms with Crippen LogP contribution in [0.5, 0.6) is 0 Å². The zero-order valence-corrected chi connectivity index (χ0v) is 22.6. The van der Waals surface area contributed by atoms with Crippen molar-refractivity contribution in [3.05, 3.63) is 59.2 Å². The van der Waals surface area contributed by atoms with E-state index in [0.717, 1.165) is 66.7 Å². The highest BCUT2D eigenvalue weighted by atomic mass is 32.1. The molecule has 9 nitrogen and oxygen atoms in total. The second kappa shape index (κ2) is 9.81. The zero-order valence-electron chi connectivity index (χ0n) is 21.8. The molecular formula is C28H31FN6O3S. The Morgan fingerprint density at radius 1 is 1.23 bits per heavy atom. The first-order valence-corrected chi connectivity index (χ1v) is 14.2. The molecule has 1 spiro atoms. The summed E-state index contributed by atoms with van der Waals surface area (Å²) in [6.07, 6.45) is 6.67. The maximum absolute atomic E-state index is 15.2. The fourth-order valence-corrected chi connectivity index (χ4v) is 7.80. The van der Waals surface area contributed by atoms with E-state index in [1.165, 1.54) is 18.1 Å². The summed E-state index contributed by atoms with van der Waals surface area (Å²) >= 11 is 1.73. The van der Waals surface area contributed by atoms with Crippen molar-refractivity contribution in [2.45, 2.75) is 25.1 Å². The Labute approximate surface area is 229 Å². The van der Waals surface area contributed by atoms with Crippen molar-refractivity contribution in [3.63, 3.8) is 0 Å². The van der Waals surface area contributed by atoms with E-state index in [2.05, 4.69) is 30.8 Å².